The van der Waals surface area contributed by atoms with Crippen molar-refractivity contribution < 1.29 is 0 Å². The highest BCUT2D eigenvalue weighted by Crippen LogP contribution is 2.22. The lowest BCUT2D eigenvalue weighted by atomic mass is 10.1. The Morgan fingerprint density at radius 1 is 1.42 bits per heavy atom. The van der Waals surface area contributed by atoms with E-state index in [2.05, 4.69) is 0 Å². The first-order valence-corrected chi connectivity index (χ1v) is 4.03. The molecular weight excluding hydrogens is 174 g/mol. The van der Waals surface area contributed by atoms with Crippen LogP contribution < -0.4 is 17.2 Å². The van der Waals surface area contributed by atoms with Gasteiger partial charge in [0.15, 0.2) is 0 Å². The largest absolute Gasteiger partial charge is 0.398 e. The Hall–Kier alpha value is -0.770. The fourth-order valence-electron chi connectivity index (χ4n) is 0.994. The lowest BCUT2D eigenvalue weighted by Crippen LogP contribution is -2.21. The van der Waals surface area contributed by atoms with E-state index in [-0.39, 0.29) is 6.04 Å². The molecule has 0 aliphatic rings. The minimum absolute atomic E-state index is 0.233. The van der Waals surface area contributed by atoms with Crippen molar-refractivity contribution in [1.82, 2.24) is 0 Å². The molecule has 0 saturated heterocycles. The van der Waals surface area contributed by atoms with Gasteiger partial charge in [-0.15, -0.1) is 0 Å². The number of hydrogen-bond acceptors (Lipinski definition) is 3. The van der Waals surface area contributed by atoms with Crippen LogP contribution in [0.2, 0.25) is 5.02 Å². The van der Waals surface area contributed by atoms with E-state index in [1.165, 1.54) is 0 Å². The summed E-state index contributed by atoms with van der Waals surface area (Å²) in [5.41, 5.74) is 18.2. The summed E-state index contributed by atoms with van der Waals surface area (Å²) in [6, 6.07) is 4.97. The van der Waals surface area contributed by atoms with Gasteiger partial charge in [0.2, 0.25) is 0 Å². The highest BCUT2D eigenvalue weighted by atomic mass is 35.5. The monoisotopic (exact) mass is 185 g/mol. The van der Waals surface area contributed by atoms with Crippen molar-refractivity contribution in [3.8, 4) is 0 Å². The smallest absolute Gasteiger partial charge is 0.0440 e. The normalized spacial score (nSPS) is 12.9. The van der Waals surface area contributed by atoms with Gasteiger partial charge in [-0.1, -0.05) is 11.6 Å². The molecule has 0 aliphatic carbocycles. The van der Waals surface area contributed by atoms with Gasteiger partial charge in [0.1, 0.15) is 0 Å². The van der Waals surface area contributed by atoms with Crippen molar-refractivity contribution in [3.05, 3.63) is 28.8 Å². The molecule has 3 nitrogen and oxygen atoms in total. The second kappa shape index (κ2) is 3.76. The molecule has 0 fully saturated rings. The molecule has 1 unspecified atom stereocenters. The highest BCUT2D eigenvalue weighted by molar-refractivity contribution is 6.30. The van der Waals surface area contributed by atoms with E-state index >= 15 is 0 Å². The highest BCUT2D eigenvalue weighted by Gasteiger charge is 2.07. The molecule has 0 radical (unpaired) electrons. The van der Waals surface area contributed by atoms with Crippen LogP contribution in [0.25, 0.3) is 0 Å². The maximum Gasteiger partial charge on any atom is 0.0440 e. The predicted octanol–water partition coefficient (Wildman–Crippen LogP) is 0.881. The lowest BCUT2D eigenvalue weighted by Gasteiger charge is -2.11. The average Bonchev–Trinajstić information content (AvgIpc) is 2.08. The number of benzene rings is 1. The van der Waals surface area contributed by atoms with Gasteiger partial charge in [0.05, 0.1) is 0 Å². The predicted molar refractivity (Wildman–Crippen MR) is 51.8 cm³/mol. The third-order valence-corrected chi connectivity index (χ3v) is 1.94. The molecule has 1 atom stereocenters. The average molecular weight is 186 g/mol. The van der Waals surface area contributed by atoms with Gasteiger partial charge in [0, 0.05) is 23.3 Å². The molecule has 66 valence electrons. The zero-order valence-electron chi connectivity index (χ0n) is 6.63. The zero-order valence-corrected chi connectivity index (χ0v) is 7.38. The summed E-state index contributed by atoms with van der Waals surface area (Å²) >= 11 is 5.77. The van der Waals surface area contributed by atoms with Crippen LogP contribution in [0, 0.1) is 0 Å². The Labute approximate surface area is 76.5 Å². The summed E-state index contributed by atoms with van der Waals surface area (Å²) in [4.78, 5) is 0. The van der Waals surface area contributed by atoms with E-state index in [1.807, 2.05) is 0 Å². The van der Waals surface area contributed by atoms with Gasteiger partial charge in [-0.3, -0.25) is 0 Å². The van der Waals surface area contributed by atoms with E-state index in [9.17, 15) is 0 Å². The zero-order chi connectivity index (χ0) is 9.14. The van der Waals surface area contributed by atoms with Crippen LogP contribution in [0.5, 0.6) is 0 Å². The summed E-state index contributed by atoms with van der Waals surface area (Å²) in [6.07, 6.45) is 0. The van der Waals surface area contributed by atoms with E-state index in [4.69, 9.17) is 28.8 Å². The van der Waals surface area contributed by atoms with Crippen molar-refractivity contribution in [1.29, 1.82) is 0 Å². The Balaban J connectivity index is 3.04. The number of nitrogen functional groups attached to an aromatic ring is 1. The molecule has 1 aromatic rings. The van der Waals surface area contributed by atoms with Crippen molar-refractivity contribution in [2.75, 3.05) is 12.3 Å². The topological polar surface area (TPSA) is 78.1 Å². The van der Waals surface area contributed by atoms with E-state index in [1.54, 1.807) is 18.2 Å². The molecule has 1 rings (SSSR count). The van der Waals surface area contributed by atoms with Crippen LogP contribution in [-0.4, -0.2) is 6.54 Å². The molecule has 12 heavy (non-hydrogen) atoms. The number of hydrogen-bond donors (Lipinski definition) is 3. The Bertz CT molecular complexity index is 275. The van der Waals surface area contributed by atoms with Crippen LogP contribution in [0.3, 0.4) is 0 Å². The third kappa shape index (κ3) is 1.88. The van der Waals surface area contributed by atoms with Crippen molar-refractivity contribution in [3.63, 3.8) is 0 Å². The second-order valence-corrected chi connectivity index (χ2v) is 3.05. The van der Waals surface area contributed by atoms with E-state index < -0.39 is 0 Å². The standard InChI is InChI=1S/C8H12ClN3/c9-5-1-2-7(11)6(3-5)8(12)4-10/h1-3,8H,4,10-12H2. The summed E-state index contributed by atoms with van der Waals surface area (Å²) in [7, 11) is 0. The van der Waals surface area contributed by atoms with Gasteiger partial charge in [0.25, 0.3) is 0 Å². The summed E-state index contributed by atoms with van der Waals surface area (Å²) in [6.45, 7) is 0.366. The minimum Gasteiger partial charge on any atom is -0.398 e. The molecule has 0 aliphatic heterocycles. The molecule has 0 bridgehead atoms. The number of halogens is 1. The van der Waals surface area contributed by atoms with Crippen molar-refractivity contribution in [2.24, 2.45) is 11.5 Å². The number of nitrogens with two attached hydrogens (primary N) is 3. The van der Waals surface area contributed by atoms with Crippen molar-refractivity contribution >= 4 is 17.3 Å². The Morgan fingerprint density at radius 2 is 2.08 bits per heavy atom. The first kappa shape index (κ1) is 9.32. The molecule has 6 N–H and O–H groups in total. The van der Waals surface area contributed by atoms with Crippen LogP contribution >= 0.6 is 11.6 Å². The summed E-state index contributed by atoms with van der Waals surface area (Å²) in [5.74, 6) is 0. The van der Waals surface area contributed by atoms with Crippen LogP contribution in [-0.2, 0) is 0 Å². The molecular formula is C8H12ClN3. The Morgan fingerprint density at radius 3 is 2.67 bits per heavy atom. The fourth-order valence-corrected chi connectivity index (χ4v) is 1.17. The second-order valence-electron chi connectivity index (χ2n) is 2.62. The molecule has 1 aromatic carbocycles. The molecule has 0 saturated carbocycles. The van der Waals surface area contributed by atoms with Gasteiger partial charge in [-0.2, -0.15) is 0 Å². The first-order valence-electron chi connectivity index (χ1n) is 3.65. The van der Waals surface area contributed by atoms with E-state index in [0.717, 1.165) is 5.56 Å². The van der Waals surface area contributed by atoms with Crippen molar-refractivity contribution in [2.45, 2.75) is 6.04 Å². The summed E-state index contributed by atoms with van der Waals surface area (Å²) in [5, 5.41) is 0.628. The van der Waals surface area contributed by atoms with Crippen LogP contribution in [0.15, 0.2) is 18.2 Å². The SMILES string of the molecule is NCC(N)c1cc(Cl)ccc1N. The third-order valence-electron chi connectivity index (χ3n) is 1.70. The lowest BCUT2D eigenvalue weighted by molar-refractivity contribution is 0.739. The first-order chi connectivity index (χ1) is 5.65. The van der Waals surface area contributed by atoms with E-state index in [0.29, 0.717) is 17.3 Å². The molecule has 0 amide bonds. The van der Waals surface area contributed by atoms with Gasteiger partial charge in [-0.05, 0) is 23.8 Å². The number of rotatable bonds is 2. The number of anilines is 1. The van der Waals surface area contributed by atoms with Crippen LogP contribution in [0.1, 0.15) is 11.6 Å². The summed E-state index contributed by atoms with van der Waals surface area (Å²) < 4.78 is 0. The minimum atomic E-state index is -0.233. The maximum absolute atomic E-state index is 5.77. The quantitative estimate of drug-likeness (QED) is 0.599. The molecule has 0 spiro atoms. The maximum atomic E-state index is 5.77. The van der Waals surface area contributed by atoms with Crippen LogP contribution in [0.4, 0.5) is 5.69 Å². The Kier molecular flexibility index (Phi) is 2.92. The van der Waals surface area contributed by atoms with Gasteiger partial charge >= 0.3 is 0 Å². The molecule has 0 aromatic heterocycles. The fraction of sp³-hybridized carbons (Fsp3) is 0.250. The molecule has 0 heterocycles. The molecule has 4 heteroatoms. The van der Waals surface area contributed by atoms with Gasteiger partial charge in [-0.25, -0.2) is 0 Å². The van der Waals surface area contributed by atoms with Gasteiger partial charge < -0.3 is 17.2 Å².